The molecule has 0 saturated carbocycles. The smallest absolute Gasteiger partial charge is 0.271 e. The quantitative estimate of drug-likeness (QED) is 0.556. The molecule has 7 nitrogen and oxygen atoms in total. The molecule has 0 aliphatic heterocycles. The van der Waals surface area contributed by atoms with E-state index >= 15 is 0 Å². The van der Waals surface area contributed by atoms with Crippen molar-refractivity contribution in [3.63, 3.8) is 0 Å². The van der Waals surface area contributed by atoms with E-state index in [9.17, 15) is 4.79 Å². The molecule has 0 bridgehead atoms. The number of H-pyrrole nitrogens is 1. The predicted octanol–water partition coefficient (Wildman–Crippen LogP) is 0.00590. The molecule has 0 aliphatic rings. The van der Waals surface area contributed by atoms with Crippen LogP contribution >= 0.6 is 0 Å². The highest BCUT2D eigenvalue weighted by atomic mass is 16.1. The third kappa shape index (κ3) is 2.71. The summed E-state index contributed by atoms with van der Waals surface area (Å²) in [7, 11) is 0. The molecule has 0 unspecified atom stereocenters. The number of hydrogen-bond donors (Lipinski definition) is 2. The molecule has 0 aromatic carbocycles. The van der Waals surface area contributed by atoms with Gasteiger partial charge in [-0.2, -0.15) is 5.10 Å². The second-order valence-electron chi connectivity index (χ2n) is 2.81. The molecule has 80 valence electrons. The van der Waals surface area contributed by atoms with Gasteiger partial charge in [-0.15, -0.1) is 10.2 Å². The summed E-state index contributed by atoms with van der Waals surface area (Å²) < 4.78 is 0. The first-order valence-corrected chi connectivity index (χ1v) is 4.47. The van der Waals surface area contributed by atoms with E-state index in [4.69, 9.17) is 0 Å². The number of nitrogens with one attached hydrogen (secondary N) is 2. The molecule has 2 aromatic rings. The van der Waals surface area contributed by atoms with E-state index in [0.29, 0.717) is 5.69 Å². The molecule has 16 heavy (non-hydrogen) atoms. The Morgan fingerprint density at radius 2 is 2.38 bits per heavy atom. The maximum Gasteiger partial charge on any atom is 0.271 e. The monoisotopic (exact) mass is 216 g/mol. The summed E-state index contributed by atoms with van der Waals surface area (Å²) in [6.45, 7) is 0. The van der Waals surface area contributed by atoms with Crippen LogP contribution in [0.5, 0.6) is 0 Å². The SMILES string of the molecule is O=c1cnnc(N/N=C\c2ccccn2)[nH]1. The lowest BCUT2D eigenvalue weighted by Crippen LogP contribution is -2.10. The number of anilines is 1. The summed E-state index contributed by atoms with van der Waals surface area (Å²) in [4.78, 5) is 17.3. The van der Waals surface area contributed by atoms with Crippen molar-refractivity contribution in [1.29, 1.82) is 0 Å². The summed E-state index contributed by atoms with van der Waals surface area (Å²) in [5.41, 5.74) is 2.89. The van der Waals surface area contributed by atoms with Crippen molar-refractivity contribution in [3.05, 3.63) is 46.6 Å². The standard InChI is InChI=1S/C9H8N6O/c16-8-6-12-15-9(13-8)14-11-5-7-3-1-2-4-10-7/h1-6H,(H2,13,14,15,16)/b11-5-. The van der Waals surface area contributed by atoms with Crippen LogP contribution in [0.25, 0.3) is 0 Å². The Bertz CT molecular complexity index is 535. The summed E-state index contributed by atoms with van der Waals surface area (Å²) in [5, 5.41) is 10.9. The first-order valence-electron chi connectivity index (χ1n) is 4.47. The third-order valence-electron chi connectivity index (χ3n) is 1.63. The van der Waals surface area contributed by atoms with Gasteiger partial charge in [-0.1, -0.05) is 6.07 Å². The first kappa shape index (κ1) is 9.97. The van der Waals surface area contributed by atoms with Crippen LogP contribution in [0.1, 0.15) is 5.69 Å². The van der Waals surface area contributed by atoms with Crippen molar-refractivity contribution in [1.82, 2.24) is 20.2 Å². The molecule has 0 fully saturated rings. The lowest BCUT2D eigenvalue weighted by atomic mass is 10.4. The van der Waals surface area contributed by atoms with E-state index in [1.165, 1.54) is 6.21 Å². The van der Waals surface area contributed by atoms with Gasteiger partial charge in [0.25, 0.3) is 5.56 Å². The van der Waals surface area contributed by atoms with Gasteiger partial charge in [0.05, 0.1) is 11.9 Å². The number of hydrogen-bond acceptors (Lipinski definition) is 6. The van der Waals surface area contributed by atoms with Gasteiger partial charge in [0.15, 0.2) is 0 Å². The zero-order valence-corrected chi connectivity index (χ0v) is 8.16. The number of pyridine rings is 1. The summed E-state index contributed by atoms with van der Waals surface area (Å²) in [5.74, 6) is 0.180. The number of aromatic amines is 1. The zero-order chi connectivity index (χ0) is 11.2. The van der Waals surface area contributed by atoms with Crippen LogP contribution in [-0.2, 0) is 0 Å². The van der Waals surface area contributed by atoms with Crippen LogP contribution in [0.2, 0.25) is 0 Å². The topological polar surface area (TPSA) is 95.9 Å². The highest BCUT2D eigenvalue weighted by molar-refractivity contribution is 5.77. The Balaban J connectivity index is 2.03. The number of rotatable bonds is 3. The summed E-state index contributed by atoms with van der Waals surface area (Å²) in [6.07, 6.45) is 4.24. The van der Waals surface area contributed by atoms with Gasteiger partial charge in [-0.3, -0.25) is 14.8 Å². The maximum atomic E-state index is 10.9. The molecule has 0 amide bonds. The molecule has 2 N–H and O–H groups in total. The minimum Gasteiger partial charge on any atom is -0.289 e. The second-order valence-corrected chi connectivity index (χ2v) is 2.81. The van der Waals surface area contributed by atoms with E-state index in [1.54, 1.807) is 12.3 Å². The van der Waals surface area contributed by atoms with Gasteiger partial charge < -0.3 is 0 Å². The molecule has 0 aliphatic carbocycles. The van der Waals surface area contributed by atoms with Gasteiger partial charge in [0.2, 0.25) is 5.95 Å². The Labute approximate surface area is 90.3 Å². The molecule has 0 spiro atoms. The van der Waals surface area contributed by atoms with Crippen molar-refractivity contribution in [2.24, 2.45) is 5.10 Å². The Hall–Kier alpha value is -2.57. The van der Waals surface area contributed by atoms with Crippen molar-refractivity contribution < 1.29 is 0 Å². The molecular formula is C9H8N6O. The fourth-order valence-corrected chi connectivity index (χ4v) is 0.975. The van der Waals surface area contributed by atoms with E-state index in [1.807, 2.05) is 12.1 Å². The van der Waals surface area contributed by atoms with Crippen molar-refractivity contribution in [2.45, 2.75) is 0 Å². The van der Waals surface area contributed by atoms with E-state index in [0.717, 1.165) is 6.20 Å². The molecular weight excluding hydrogens is 208 g/mol. The second kappa shape index (κ2) is 4.78. The van der Waals surface area contributed by atoms with Crippen LogP contribution in [0.15, 0.2) is 40.5 Å². The first-order chi connectivity index (χ1) is 7.84. The summed E-state index contributed by atoms with van der Waals surface area (Å²) in [6, 6.07) is 5.45. The van der Waals surface area contributed by atoms with Crippen molar-refractivity contribution in [3.8, 4) is 0 Å². The zero-order valence-electron chi connectivity index (χ0n) is 8.16. The molecule has 0 atom stereocenters. The van der Waals surface area contributed by atoms with Crippen LogP contribution in [0, 0.1) is 0 Å². The lowest BCUT2D eigenvalue weighted by Gasteiger charge is -1.95. The van der Waals surface area contributed by atoms with E-state index in [2.05, 4.69) is 30.7 Å². The van der Waals surface area contributed by atoms with Gasteiger partial charge >= 0.3 is 0 Å². The fourth-order valence-electron chi connectivity index (χ4n) is 0.975. The number of hydrazone groups is 1. The van der Waals surface area contributed by atoms with Gasteiger partial charge in [-0.05, 0) is 12.1 Å². The number of nitrogens with zero attached hydrogens (tertiary/aromatic N) is 4. The average Bonchev–Trinajstić information content (AvgIpc) is 2.30. The Kier molecular flexibility index (Phi) is 2.98. The van der Waals surface area contributed by atoms with Crippen molar-refractivity contribution in [2.75, 3.05) is 5.43 Å². The Morgan fingerprint density at radius 3 is 3.12 bits per heavy atom. The van der Waals surface area contributed by atoms with Gasteiger partial charge in [0, 0.05) is 6.20 Å². The average molecular weight is 216 g/mol. The minimum atomic E-state index is -0.342. The molecule has 7 heteroatoms. The molecule has 2 heterocycles. The van der Waals surface area contributed by atoms with E-state index < -0.39 is 0 Å². The molecule has 2 rings (SSSR count). The van der Waals surface area contributed by atoms with E-state index in [-0.39, 0.29) is 11.5 Å². The Morgan fingerprint density at radius 1 is 1.44 bits per heavy atom. The normalized spacial score (nSPS) is 10.5. The summed E-state index contributed by atoms with van der Waals surface area (Å²) >= 11 is 0. The van der Waals surface area contributed by atoms with Crippen LogP contribution in [0.3, 0.4) is 0 Å². The number of aromatic nitrogens is 4. The fraction of sp³-hybridized carbons (Fsp3) is 0. The third-order valence-corrected chi connectivity index (χ3v) is 1.63. The molecule has 0 radical (unpaired) electrons. The predicted molar refractivity (Wildman–Crippen MR) is 58.1 cm³/mol. The van der Waals surface area contributed by atoms with Crippen LogP contribution in [-0.4, -0.2) is 26.4 Å². The molecule has 2 aromatic heterocycles. The van der Waals surface area contributed by atoms with Crippen molar-refractivity contribution >= 4 is 12.2 Å². The largest absolute Gasteiger partial charge is 0.289 e. The van der Waals surface area contributed by atoms with Gasteiger partial charge in [0.1, 0.15) is 6.20 Å². The highest BCUT2D eigenvalue weighted by Crippen LogP contribution is 1.91. The maximum absolute atomic E-state index is 10.9. The lowest BCUT2D eigenvalue weighted by molar-refractivity contribution is 0.939. The van der Waals surface area contributed by atoms with Gasteiger partial charge in [-0.25, -0.2) is 5.43 Å². The minimum absolute atomic E-state index is 0.180. The molecule has 0 saturated heterocycles. The highest BCUT2D eigenvalue weighted by Gasteiger charge is 1.91. The van der Waals surface area contributed by atoms with Crippen LogP contribution < -0.4 is 11.0 Å². The van der Waals surface area contributed by atoms with Crippen LogP contribution in [0.4, 0.5) is 5.95 Å².